The second kappa shape index (κ2) is 12.0. The molecule has 1 saturated heterocycles. The zero-order valence-electron chi connectivity index (χ0n) is 17.6. The largest absolute Gasteiger partial charge is 0.357 e. The fourth-order valence-electron chi connectivity index (χ4n) is 3.32. The molecule has 2 heterocycles. The lowest BCUT2D eigenvalue weighted by Crippen LogP contribution is -2.39. The van der Waals surface area contributed by atoms with Crippen molar-refractivity contribution in [3.63, 3.8) is 0 Å². The first-order chi connectivity index (χ1) is 14.0. The van der Waals surface area contributed by atoms with Gasteiger partial charge in [0.2, 0.25) is 10.0 Å². The number of sulfonamides is 1. The highest BCUT2D eigenvalue weighted by atomic mass is 127. The van der Waals surface area contributed by atoms with Crippen molar-refractivity contribution in [3.05, 3.63) is 52.2 Å². The Morgan fingerprint density at radius 3 is 2.50 bits per heavy atom. The molecule has 0 saturated carbocycles. The van der Waals surface area contributed by atoms with Crippen LogP contribution in [-0.2, 0) is 23.0 Å². The number of guanidine groups is 1. The summed E-state index contributed by atoms with van der Waals surface area (Å²) in [6.07, 6.45) is 2.88. The van der Waals surface area contributed by atoms with Crippen LogP contribution >= 0.6 is 35.3 Å². The number of nitrogens with zero attached hydrogens (tertiary/aromatic N) is 3. The van der Waals surface area contributed by atoms with Crippen molar-refractivity contribution < 1.29 is 8.42 Å². The van der Waals surface area contributed by atoms with E-state index < -0.39 is 10.0 Å². The molecule has 6 nitrogen and oxygen atoms in total. The molecule has 3 rings (SSSR count). The van der Waals surface area contributed by atoms with Crippen molar-refractivity contribution in [2.75, 3.05) is 33.2 Å². The molecule has 1 N–H and O–H groups in total. The Balaban J connectivity index is 0.00000320. The second-order valence-electron chi connectivity index (χ2n) is 7.18. The molecule has 1 aliphatic heterocycles. The van der Waals surface area contributed by atoms with E-state index in [2.05, 4.69) is 34.7 Å². The Hall–Kier alpha value is -1.17. The minimum atomic E-state index is -3.36. The zero-order chi connectivity index (χ0) is 20.7. The molecule has 0 unspecified atom stereocenters. The van der Waals surface area contributed by atoms with E-state index in [-0.39, 0.29) is 24.0 Å². The quantitative estimate of drug-likeness (QED) is 0.302. The van der Waals surface area contributed by atoms with Gasteiger partial charge in [0.15, 0.2) is 5.96 Å². The van der Waals surface area contributed by atoms with Crippen LogP contribution < -0.4 is 5.32 Å². The summed E-state index contributed by atoms with van der Waals surface area (Å²) < 4.78 is 26.9. The van der Waals surface area contributed by atoms with E-state index in [1.165, 1.54) is 4.88 Å². The Labute approximate surface area is 201 Å². The minimum Gasteiger partial charge on any atom is -0.357 e. The first-order valence-corrected chi connectivity index (χ1v) is 12.4. The monoisotopic (exact) mass is 562 g/mol. The number of likely N-dealkylation sites (N-methyl/N-ethyl adjacent to an activating group) is 1. The molecule has 0 spiro atoms. The zero-order valence-corrected chi connectivity index (χ0v) is 21.5. The molecule has 1 fully saturated rings. The fraction of sp³-hybridized carbons (Fsp3) is 0.476. The smallest absolute Gasteiger partial charge is 0.243 e. The molecule has 0 radical (unpaired) electrons. The molecule has 0 aliphatic carbocycles. The van der Waals surface area contributed by atoms with Crippen LogP contribution in [0.25, 0.3) is 0 Å². The summed E-state index contributed by atoms with van der Waals surface area (Å²) in [6.45, 7) is 5.50. The Kier molecular flexibility index (Phi) is 10.1. The molecule has 0 bridgehead atoms. The van der Waals surface area contributed by atoms with Gasteiger partial charge >= 0.3 is 0 Å². The fourth-order valence-corrected chi connectivity index (χ4v) is 5.53. The molecule has 9 heteroatoms. The predicted molar refractivity (Wildman–Crippen MR) is 135 cm³/mol. The lowest BCUT2D eigenvalue weighted by Gasteiger charge is -2.21. The van der Waals surface area contributed by atoms with E-state index in [1.54, 1.807) is 27.8 Å². The molecule has 30 heavy (non-hydrogen) atoms. The van der Waals surface area contributed by atoms with E-state index in [0.717, 1.165) is 43.9 Å². The van der Waals surface area contributed by atoms with Gasteiger partial charge in [0, 0.05) is 38.1 Å². The lowest BCUT2D eigenvalue weighted by molar-refractivity contribution is 0.477. The Morgan fingerprint density at radius 2 is 1.90 bits per heavy atom. The van der Waals surface area contributed by atoms with Crippen LogP contribution in [0, 0.1) is 0 Å². The van der Waals surface area contributed by atoms with Gasteiger partial charge in [0.05, 0.1) is 11.4 Å². The molecule has 0 amide bonds. The molecular formula is C21H31IN4O2S2. The molecule has 2 aromatic rings. The van der Waals surface area contributed by atoms with Crippen LogP contribution in [-0.4, -0.2) is 56.8 Å². The van der Waals surface area contributed by atoms with Gasteiger partial charge in [-0.3, -0.25) is 0 Å². The van der Waals surface area contributed by atoms with Gasteiger partial charge in [-0.25, -0.2) is 13.4 Å². The summed E-state index contributed by atoms with van der Waals surface area (Å²) in [5.74, 6) is 0.859. The molecule has 1 aromatic carbocycles. The van der Waals surface area contributed by atoms with Crippen LogP contribution in [0.15, 0.2) is 51.7 Å². The third kappa shape index (κ3) is 6.66. The number of rotatable bonds is 8. The standard InChI is InChI=1S/C21H30N4O2S2.HI/c1-3-22-21(24(2)15-12-19-7-6-16-28-19)23-17-18-8-10-20(11-9-18)29(26,27)25-13-4-5-14-25;/h6-11,16H,3-5,12-15,17H2,1-2H3,(H,22,23);1H. The van der Waals surface area contributed by atoms with Gasteiger partial charge < -0.3 is 10.2 Å². The maximum absolute atomic E-state index is 12.6. The number of hydrogen-bond acceptors (Lipinski definition) is 4. The van der Waals surface area contributed by atoms with E-state index in [4.69, 9.17) is 4.99 Å². The molecule has 1 aromatic heterocycles. The summed E-state index contributed by atoms with van der Waals surface area (Å²) in [6, 6.07) is 11.4. The number of nitrogens with one attached hydrogen (secondary N) is 1. The number of benzene rings is 1. The SMILES string of the molecule is CCNC(=NCc1ccc(S(=O)(=O)N2CCCC2)cc1)N(C)CCc1cccs1.I. The van der Waals surface area contributed by atoms with Gasteiger partial charge in [-0.2, -0.15) is 4.31 Å². The third-order valence-electron chi connectivity index (χ3n) is 5.01. The normalized spacial score (nSPS) is 15.1. The van der Waals surface area contributed by atoms with Crippen LogP contribution in [0.3, 0.4) is 0 Å². The first kappa shape index (κ1) is 25.1. The van der Waals surface area contributed by atoms with Crippen LogP contribution in [0.5, 0.6) is 0 Å². The van der Waals surface area contributed by atoms with Gasteiger partial charge in [0.1, 0.15) is 0 Å². The second-order valence-corrected chi connectivity index (χ2v) is 10.1. The highest BCUT2D eigenvalue weighted by molar-refractivity contribution is 14.0. The summed E-state index contributed by atoms with van der Waals surface area (Å²) in [7, 11) is -1.32. The van der Waals surface area contributed by atoms with Crippen LogP contribution in [0.4, 0.5) is 0 Å². The maximum Gasteiger partial charge on any atom is 0.243 e. The van der Waals surface area contributed by atoms with E-state index in [1.807, 2.05) is 19.2 Å². The van der Waals surface area contributed by atoms with E-state index in [9.17, 15) is 8.42 Å². The highest BCUT2D eigenvalue weighted by Gasteiger charge is 2.26. The van der Waals surface area contributed by atoms with Crippen molar-refractivity contribution in [3.8, 4) is 0 Å². The summed E-state index contributed by atoms with van der Waals surface area (Å²) in [5, 5.41) is 5.43. The van der Waals surface area contributed by atoms with Crippen LogP contribution in [0.1, 0.15) is 30.2 Å². The molecule has 166 valence electrons. The molecular weight excluding hydrogens is 531 g/mol. The topological polar surface area (TPSA) is 65.0 Å². The Bertz CT molecular complexity index is 894. The maximum atomic E-state index is 12.6. The average molecular weight is 563 g/mol. The summed E-state index contributed by atoms with van der Waals surface area (Å²) in [5.41, 5.74) is 0.993. The number of thiophene rings is 1. The number of aliphatic imine (C=N–C) groups is 1. The first-order valence-electron chi connectivity index (χ1n) is 10.1. The molecule has 1 aliphatic rings. The van der Waals surface area contributed by atoms with Crippen molar-refractivity contribution in [1.29, 1.82) is 0 Å². The summed E-state index contributed by atoms with van der Waals surface area (Å²) >= 11 is 1.77. The van der Waals surface area contributed by atoms with E-state index in [0.29, 0.717) is 24.5 Å². The number of hydrogen-bond donors (Lipinski definition) is 1. The highest BCUT2D eigenvalue weighted by Crippen LogP contribution is 2.21. The van der Waals surface area contributed by atoms with Gasteiger partial charge in [-0.15, -0.1) is 35.3 Å². The van der Waals surface area contributed by atoms with Crippen molar-refractivity contribution in [2.24, 2.45) is 4.99 Å². The Morgan fingerprint density at radius 1 is 1.20 bits per heavy atom. The van der Waals surface area contributed by atoms with Crippen molar-refractivity contribution in [2.45, 2.75) is 37.6 Å². The van der Waals surface area contributed by atoms with Crippen LogP contribution in [0.2, 0.25) is 0 Å². The number of halogens is 1. The van der Waals surface area contributed by atoms with Crippen molar-refractivity contribution in [1.82, 2.24) is 14.5 Å². The van der Waals surface area contributed by atoms with Gasteiger partial charge in [0.25, 0.3) is 0 Å². The predicted octanol–water partition coefficient (Wildman–Crippen LogP) is 3.79. The van der Waals surface area contributed by atoms with Crippen molar-refractivity contribution >= 4 is 51.3 Å². The minimum absolute atomic E-state index is 0. The van der Waals surface area contributed by atoms with Gasteiger partial charge in [-0.1, -0.05) is 18.2 Å². The lowest BCUT2D eigenvalue weighted by atomic mass is 10.2. The third-order valence-corrected chi connectivity index (χ3v) is 7.86. The average Bonchev–Trinajstić information content (AvgIpc) is 3.44. The molecule has 0 atom stereocenters. The van der Waals surface area contributed by atoms with E-state index >= 15 is 0 Å². The summed E-state index contributed by atoms with van der Waals surface area (Å²) in [4.78, 5) is 8.59. The van der Waals surface area contributed by atoms with Gasteiger partial charge in [-0.05, 0) is 55.3 Å².